The summed E-state index contributed by atoms with van der Waals surface area (Å²) in [5.74, 6) is 0.888. The van der Waals surface area contributed by atoms with Crippen LogP contribution in [0.2, 0.25) is 0 Å². The fourth-order valence-electron chi connectivity index (χ4n) is 1.75. The van der Waals surface area contributed by atoms with Crippen LogP contribution in [0.3, 0.4) is 0 Å². The Kier molecular flexibility index (Phi) is 7.68. The second-order valence-corrected chi connectivity index (χ2v) is 4.50. The van der Waals surface area contributed by atoms with E-state index in [4.69, 9.17) is 4.74 Å². The van der Waals surface area contributed by atoms with E-state index in [1.807, 2.05) is 12.1 Å². The summed E-state index contributed by atoms with van der Waals surface area (Å²) in [5.41, 5.74) is 2.65. The minimum absolute atomic E-state index is 0.552. The van der Waals surface area contributed by atoms with Crippen LogP contribution in [-0.4, -0.2) is 19.7 Å². The van der Waals surface area contributed by atoms with Gasteiger partial charge in [-0.05, 0) is 37.1 Å². The fraction of sp³-hybridized carbons (Fsp3) is 0.412. The predicted octanol–water partition coefficient (Wildman–Crippen LogP) is 4.04. The van der Waals surface area contributed by atoms with Gasteiger partial charge < -0.3 is 10.1 Å². The van der Waals surface area contributed by atoms with Gasteiger partial charge in [0.15, 0.2) is 0 Å². The minimum atomic E-state index is 0.552. The van der Waals surface area contributed by atoms with E-state index in [9.17, 15) is 0 Å². The van der Waals surface area contributed by atoms with Gasteiger partial charge in [0.2, 0.25) is 0 Å². The Morgan fingerprint density at radius 1 is 1.26 bits per heavy atom. The van der Waals surface area contributed by atoms with Crippen molar-refractivity contribution in [2.45, 2.75) is 26.7 Å². The van der Waals surface area contributed by atoms with E-state index in [2.05, 4.69) is 44.0 Å². The van der Waals surface area contributed by atoms with Crippen molar-refractivity contribution in [1.82, 2.24) is 5.32 Å². The van der Waals surface area contributed by atoms with Gasteiger partial charge in [0.05, 0.1) is 0 Å². The van der Waals surface area contributed by atoms with Crippen LogP contribution in [0.1, 0.15) is 32.3 Å². The SMILES string of the molecule is C=CCOc1ccc(C=C(CC)CNCCC)cc1. The quantitative estimate of drug-likeness (QED) is 0.534. The van der Waals surface area contributed by atoms with Gasteiger partial charge in [0.1, 0.15) is 12.4 Å². The molecular formula is C17H25NO. The van der Waals surface area contributed by atoms with Crippen LogP contribution in [0.25, 0.3) is 6.08 Å². The van der Waals surface area contributed by atoms with Crippen molar-refractivity contribution < 1.29 is 4.74 Å². The van der Waals surface area contributed by atoms with Gasteiger partial charge >= 0.3 is 0 Å². The average molecular weight is 259 g/mol. The molecule has 0 heterocycles. The van der Waals surface area contributed by atoms with Crippen molar-refractivity contribution >= 4 is 6.08 Å². The molecule has 0 fully saturated rings. The van der Waals surface area contributed by atoms with Crippen LogP contribution in [0.15, 0.2) is 42.5 Å². The van der Waals surface area contributed by atoms with Crippen molar-refractivity contribution in [3.8, 4) is 5.75 Å². The van der Waals surface area contributed by atoms with Gasteiger partial charge in [-0.15, -0.1) is 0 Å². The van der Waals surface area contributed by atoms with E-state index in [0.717, 1.165) is 25.3 Å². The first kappa shape index (κ1) is 15.5. The van der Waals surface area contributed by atoms with Crippen molar-refractivity contribution in [1.29, 1.82) is 0 Å². The summed E-state index contributed by atoms with van der Waals surface area (Å²) in [6.45, 7) is 10.6. The lowest BCUT2D eigenvalue weighted by atomic mass is 10.1. The summed E-state index contributed by atoms with van der Waals surface area (Å²) in [6.07, 6.45) is 6.25. The maximum Gasteiger partial charge on any atom is 0.119 e. The highest BCUT2D eigenvalue weighted by atomic mass is 16.5. The molecule has 0 saturated heterocycles. The number of hydrogen-bond donors (Lipinski definition) is 1. The van der Waals surface area contributed by atoms with Crippen molar-refractivity contribution in [2.75, 3.05) is 19.7 Å². The molecule has 2 heteroatoms. The Bertz CT molecular complexity index is 392. The van der Waals surface area contributed by atoms with Crippen LogP contribution in [0, 0.1) is 0 Å². The fourth-order valence-corrected chi connectivity index (χ4v) is 1.75. The number of hydrogen-bond acceptors (Lipinski definition) is 2. The van der Waals surface area contributed by atoms with Gasteiger partial charge in [-0.25, -0.2) is 0 Å². The number of nitrogens with one attached hydrogen (secondary N) is 1. The maximum atomic E-state index is 5.47. The molecule has 1 N–H and O–H groups in total. The van der Waals surface area contributed by atoms with Gasteiger partial charge in [0, 0.05) is 6.54 Å². The molecule has 0 aliphatic rings. The Morgan fingerprint density at radius 3 is 2.58 bits per heavy atom. The molecular weight excluding hydrogens is 234 g/mol. The van der Waals surface area contributed by atoms with Gasteiger partial charge in [-0.1, -0.05) is 50.3 Å². The Morgan fingerprint density at radius 2 is 2.00 bits per heavy atom. The van der Waals surface area contributed by atoms with Crippen molar-refractivity contribution in [3.63, 3.8) is 0 Å². The molecule has 1 aromatic rings. The summed E-state index contributed by atoms with van der Waals surface area (Å²) in [5, 5.41) is 3.44. The van der Waals surface area contributed by atoms with E-state index in [0.29, 0.717) is 6.61 Å². The highest BCUT2D eigenvalue weighted by molar-refractivity contribution is 5.54. The van der Waals surface area contributed by atoms with E-state index in [1.165, 1.54) is 17.6 Å². The molecule has 2 nitrogen and oxygen atoms in total. The molecule has 0 spiro atoms. The summed E-state index contributed by atoms with van der Waals surface area (Å²) in [6, 6.07) is 8.19. The highest BCUT2D eigenvalue weighted by Crippen LogP contribution is 2.15. The lowest BCUT2D eigenvalue weighted by Gasteiger charge is -2.07. The van der Waals surface area contributed by atoms with Crippen LogP contribution >= 0.6 is 0 Å². The lowest BCUT2D eigenvalue weighted by molar-refractivity contribution is 0.363. The largest absolute Gasteiger partial charge is 0.490 e. The molecule has 0 unspecified atom stereocenters. The van der Waals surface area contributed by atoms with Gasteiger partial charge in [0.25, 0.3) is 0 Å². The molecule has 0 aliphatic heterocycles. The molecule has 0 aliphatic carbocycles. The minimum Gasteiger partial charge on any atom is -0.490 e. The van der Waals surface area contributed by atoms with E-state index >= 15 is 0 Å². The van der Waals surface area contributed by atoms with Crippen LogP contribution < -0.4 is 10.1 Å². The lowest BCUT2D eigenvalue weighted by Crippen LogP contribution is -2.17. The predicted molar refractivity (Wildman–Crippen MR) is 83.6 cm³/mol. The number of benzene rings is 1. The zero-order chi connectivity index (χ0) is 13.9. The Balaban J connectivity index is 2.59. The molecule has 0 atom stereocenters. The van der Waals surface area contributed by atoms with Gasteiger partial charge in [-0.3, -0.25) is 0 Å². The van der Waals surface area contributed by atoms with E-state index < -0.39 is 0 Å². The molecule has 19 heavy (non-hydrogen) atoms. The number of rotatable bonds is 9. The molecule has 0 amide bonds. The first-order valence-corrected chi connectivity index (χ1v) is 7.04. The average Bonchev–Trinajstić information content (AvgIpc) is 2.45. The zero-order valence-electron chi connectivity index (χ0n) is 12.1. The van der Waals surface area contributed by atoms with E-state index in [-0.39, 0.29) is 0 Å². The van der Waals surface area contributed by atoms with E-state index in [1.54, 1.807) is 6.08 Å². The normalized spacial score (nSPS) is 11.4. The summed E-state index contributed by atoms with van der Waals surface area (Å²) in [4.78, 5) is 0. The first-order valence-electron chi connectivity index (χ1n) is 7.04. The van der Waals surface area contributed by atoms with Crippen LogP contribution in [-0.2, 0) is 0 Å². The highest BCUT2D eigenvalue weighted by Gasteiger charge is 1.96. The topological polar surface area (TPSA) is 21.3 Å². The summed E-state index contributed by atoms with van der Waals surface area (Å²) in [7, 11) is 0. The molecule has 1 rings (SSSR count). The maximum absolute atomic E-state index is 5.47. The standard InChI is InChI=1S/C17H25NO/c1-4-11-18-14-15(6-3)13-16-7-9-17(10-8-16)19-12-5-2/h5,7-10,13,18H,2,4,6,11-12,14H2,1,3H3. The summed E-state index contributed by atoms with van der Waals surface area (Å²) < 4.78 is 5.47. The summed E-state index contributed by atoms with van der Waals surface area (Å²) >= 11 is 0. The molecule has 0 bridgehead atoms. The molecule has 104 valence electrons. The third kappa shape index (κ3) is 6.25. The first-order chi connectivity index (χ1) is 9.30. The molecule has 0 aromatic heterocycles. The third-order valence-electron chi connectivity index (χ3n) is 2.85. The smallest absolute Gasteiger partial charge is 0.119 e. The second-order valence-electron chi connectivity index (χ2n) is 4.50. The Hall–Kier alpha value is -1.54. The van der Waals surface area contributed by atoms with Gasteiger partial charge in [-0.2, -0.15) is 0 Å². The molecule has 0 saturated carbocycles. The second kappa shape index (κ2) is 9.40. The third-order valence-corrected chi connectivity index (χ3v) is 2.85. The number of ether oxygens (including phenoxy) is 1. The Labute approximate surface area is 117 Å². The monoisotopic (exact) mass is 259 g/mol. The van der Waals surface area contributed by atoms with Crippen molar-refractivity contribution in [2.24, 2.45) is 0 Å². The molecule has 0 radical (unpaired) electrons. The van der Waals surface area contributed by atoms with Crippen LogP contribution in [0.4, 0.5) is 0 Å². The zero-order valence-corrected chi connectivity index (χ0v) is 12.1. The van der Waals surface area contributed by atoms with Crippen LogP contribution in [0.5, 0.6) is 5.75 Å². The molecule has 1 aromatic carbocycles. The van der Waals surface area contributed by atoms with Crippen molar-refractivity contribution in [3.05, 3.63) is 48.1 Å².